The Morgan fingerprint density at radius 1 is 1.09 bits per heavy atom. The number of benzene rings is 1. The van der Waals surface area contributed by atoms with Crippen molar-refractivity contribution in [3.05, 3.63) is 111 Å². The van der Waals surface area contributed by atoms with Gasteiger partial charge in [-0.15, -0.1) is 22.7 Å². The molecule has 33 heavy (non-hydrogen) atoms. The van der Waals surface area contributed by atoms with Gasteiger partial charge in [-0.1, -0.05) is 47.7 Å². The molecule has 3 aromatic heterocycles. The van der Waals surface area contributed by atoms with Crippen molar-refractivity contribution in [1.29, 1.82) is 0 Å². The molecule has 0 N–H and O–H groups in total. The number of ether oxygens (including phenoxy) is 1. The van der Waals surface area contributed by atoms with Gasteiger partial charge in [0.15, 0.2) is 4.80 Å². The topological polar surface area (TPSA) is 60.7 Å². The third-order valence-corrected chi connectivity index (χ3v) is 8.30. The summed E-state index contributed by atoms with van der Waals surface area (Å²) in [5, 5.41) is 3.96. The van der Waals surface area contributed by atoms with E-state index in [-0.39, 0.29) is 12.2 Å². The van der Waals surface area contributed by atoms with Crippen molar-refractivity contribution in [2.45, 2.75) is 26.5 Å². The lowest BCUT2D eigenvalue weighted by Crippen LogP contribution is -2.39. The number of aromatic nitrogens is 1. The molecule has 0 saturated heterocycles. The van der Waals surface area contributed by atoms with Crippen molar-refractivity contribution in [2.75, 3.05) is 0 Å². The molecule has 1 aliphatic rings. The number of hydrogen-bond acceptors (Lipinski definition) is 7. The smallest absolute Gasteiger partial charge is 0.338 e. The fourth-order valence-corrected chi connectivity index (χ4v) is 6.54. The summed E-state index contributed by atoms with van der Waals surface area (Å²) in [5.41, 5.74) is 2.86. The second-order valence-corrected chi connectivity index (χ2v) is 10.6. The maximum Gasteiger partial charge on any atom is 0.338 e. The molecule has 0 spiro atoms. The summed E-state index contributed by atoms with van der Waals surface area (Å²) in [6.45, 7) is 3.99. The van der Waals surface area contributed by atoms with E-state index >= 15 is 0 Å². The molecular formula is C25H20N2O3S3. The minimum Gasteiger partial charge on any atom is -0.457 e. The Morgan fingerprint density at radius 3 is 2.61 bits per heavy atom. The van der Waals surface area contributed by atoms with Crippen LogP contribution in [0, 0.1) is 6.92 Å². The first kappa shape index (κ1) is 21.8. The average molecular weight is 493 g/mol. The van der Waals surface area contributed by atoms with E-state index in [1.807, 2.05) is 72.3 Å². The molecule has 0 bridgehead atoms. The SMILES string of the molecule is CC1=C(C(=O)OCc2ccccc2)C(c2cccs2)n2c(s/c(=C/c3sccc3C)c2=O)=N1. The molecule has 1 aliphatic heterocycles. The minimum absolute atomic E-state index is 0.147. The molecule has 5 rings (SSSR count). The summed E-state index contributed by atoms with van der Waals surface area (Å²) in [7, 11) is 0. The van der Waals surface area contributed by atoms with Crippen molar-refractivity contribution >= 4 is 46.1 Å². The number of thiophene rings is 2. The number of aryl methyl sites for hydroxylation is 1. The van der Waals surface area contributed by atoms with Gasteiger partial charge in [0.2, 0.25) is 0 Å². The first-order chi connectivity index (χ1) is 16.0. The maximum absolute atomic E-state index is 13.5. The van der Waals surface area contributed by atoms with Gasteiger partial charge in [0, 0.05) is 9.75 Å². The van der Waals surface area contributed by atoms with E-state index in [9.17, 15) is 9.59 Å². The molecule has 4 aromatic rings. The molecule has 0 aliphatic carbocycles. The zero-order valence-corrected chi connectivity index (χ0v) is 20.4. The van der Waals surface area contributed by atoms with Crippen LogP contribution in [0.2, 0.25) is 0 Å². The highest BCUT2D eigenvalue weighted by Gasteiger charge is 2.34. The van der Waals surface area contributed by atoms with E-state index < -0.39 is 12.0 Å². The van der Waals surface area contributed by atoms with Crippen molar-refractivity contribution in [3.63, 3.8) is 0 Å². The third kappa shape index (κ3) is 4.17. The molecule has 1 aromatic carbocycles. The van der Waals surface area contributed by atoms with Crippen LogP contribution in [0.15, 0.2) is 80.3 Å². The zero-order chi connectivity index (χ0) is 22.9. The molecule has 8 heteroatoms. The Kier molecular flexibility index (Phi) is 5.97. The lowest BCUT2D eigenvalue weighted by molar-refractivity contribution is -0.140. The van der Waals surface area contributed by atoms with Gasteiger partial charge in [0.25, 0.3) is 5.56 Å². The van der Waals surface area contributed by atoms with Gasteiger partial charge in [0.05, 0.1) is 15.8 Å². The van der Waals surface area contributed by atoms with E-state index in [0.717, 1.165) is 20.9 Å². The third-order valence-electron chi connectivity index (χ3n) is 5.43. The number of allylic oxidation sites excluding steroid dienone is 1. The quantitative estimate of drug-likeness (QED) is 0.388. The fraction of sp³-hybridized carbons (Fsp3) is 0.160. The van der Waals surface area contributed by atoms with Crippen molar-refractivity contribution in [2.24, 2.45) is 4.99 Å². The van der Waals surface area contributed by atoms with Crippen LogP contribution in [0.25, 0.3) is 6.08 Å². The number of hydrogen-bond donors (Lipinski definition) is 0. The van der Waals surface area contributed by atoms with Crippen LogP contribution >= 0.6 is 34.0 Å². The second-order valence-electron chi connectivity index (χ2n) is 7.63. The summed E-state index contributed by atoms with van der Waals surface area (Å²) in [6.07, 6.45) is 1.92. The van der Waals surface area contributed by atoms with Crippen molar-refractivity contribution < 1.29 is 9.53 Å². The molecule has 0 amide bonds. The van der Waals surface area contributed by atoms with Crippen LogP contribution in [0.3, 0.4) is 0 Å². The summed E-state index contributed by atoms with van der Waals surface area (Å²) < 4.78 is 7.90. The minimum atomic E-state index is -0.559. The number of rotatable bonds is 5. The first-order valence-electron chi connectivity index (χ1n) is 10.3. The van der Waals surface area contributed by atoms with Crippen LogP contribution < -0.4 is 14.9 Å². The van der Waals surface area contributed by atoms with E-state index in [1.165, 1.54) is 22.7 Å². The lowest BCUT2D eigenvalue weighted by Gasteiger charge is -2.23. The van der Waals surface area contributed by atoms with E-state index in [2.05, 4.69) is 4.99 Å². The predicted octanol–water partition coefficient (Wildman–Crippen LogP) is 4.41. The van der Waals surface area contributed by atoms with E-state index in [4.69, 9.17) is 4.74 Å². The molecule has 5 nitrogen and oxygen atoms in total. The summed E-state index contributed by atoms with van der Waals surface area (Å²) in [5.74, 6) is -0.457. The Morgan fingerprint density at radius 2 is 1.91 bits per heavy atom. The number of carbonyl (C=O) groups is 1. The van der Waals surface area contributed by atoms with Gasteiger partial charge in [-0.05, 0) is 53.9 Å². The van der Waals surface area contributed by atoms with Gasteiger partial charge in [0.1, 0.15) is 12.6 Å². The number of esters is 1. The van der Waals surface area contributed by atoms with Gasteiger partial charge >= 0.3 is 5.97 Å². The highest BCUT2D eigenvalue weighted by atomic mass is 32.1. The molecule has 1 unspecified atom stereocenters. The van der Waals surface area contributed by atoms with Crippen molar-refractivity contribution in [3.8, 4) is 0 Å². The molecule has 0 fully saturated rings. The molecule has 1 atom stereocenters. The first-order valence-corrected chi connectivity index (χ1v) is 12.9. The normalized spacial score (nSPS) is 15.9. The van der Waals surface area contributed by atoms with Gasteiger partial charge < -0.3 is 4.74 Å². The lowest BCUT2D eigenvalue weighted by atomic mass is 10.0. The zero-order valence-electron chi connectivity index (χ0n) is 18.0. The molecule has 0 radical (unpaired) electrons. The molecule has 4 heterocycles. The van der Waals surface area contributed by atoms with Crippen LogP contribution in [0.4, 0.5) is 0 Å². The van der Waals surface area contributed by atoms with Crippen molar-refractivity contribution in [1.82, 2.24) is 4.57 Å². The summed E-state index contributed by atoms with van der Waals surface area (Å²) >= 11 is 4.46. The molecular weight excluding hydrogens is 472 g/mol. The Hall–Kier alpha value is -3.07. The fourth-order valence-electron chi connectivity index (χ4n) is 3.75. The number of nitrogens with zero attached hydrogens (tertiary/aromatic N) is 2. The largest absolute Gasteiger partial charge is 0.457 e. The Labute approximate surface area is 202 Å². The maximum atomic E-state index is 13.5. The van der Waals surface area contributed by atoms with Crippen LogP contribution in [-0.2, 0) is 16.1 Å². The second kappa shape index (κ2) is 9.05. The van der Waals surface area contributed by atoms with Crippen LogP contribution in [0.5, 0.6) is 0 Å². The van der Waals surface area contributed by atoms with Gasteiger partial charge in [-0.25, -0.2) is 9.79 Å². The van der Waals surface area contributed by atoms with Crippen LogP contribution in [0.1, 0.15) is 33.8 Å². The summed E-state index contributed by atoms with van der Waals surface area (Å²) in [4.78, 5) is 34.0. The van der Waals surface area contributed by atoms with Crippen LogP contribution in [-0.4, -0.2) is 10.5 Å². The standard InChI is InChI=1S/C25H20N2O3S3/c1-15-10-12-32-19(15)13-20-23(28)27-22(18-9-6-11-31-18)21(16(2)26-25(27)33-20)24(29)30-14-17-7-4-3-5-8-17/h3-13,22H,14H2,1-2H3/b20-13+. The number of fused-ring (bicyclic) bond motifs is 1. The Balaban J connectivity index is 1.59. The highest BCUT2D eigenvalue weighted by Crippen LogP contribution is 2.33. The summed E-state index contributed by atoms with van der Waals surface area (Å²) in [6, 6.07) is 14.9. The average Bonchev–Trinajstić information content (AvgIpc) is 3.55. The van der Waals surface area contributed by atoms with E-state index in [1.54, 1.807) is 22.8 Å². The van der Waals surface area contributed by atoms with Gasteiger partial charge in [-0.2, -0.15) is 0 Å². The molecule has 0 saturated carbocycles. The number of thiazole rings is 1. The predicted molar refractivity (Wildman–Crippen MR) is 133 cm³/mol. The highest BCUT2D eigenvalue weighted by molar-refractivity contribution is 7.11. The van der Waals surface area contributed by atoms with E-state index in [0.29, 0.717) is 20.6 Å². The monoisotopic (exact) mass is 492 g/mol. The molecule has 166 valence electrons. The van der Waals surface area contributed by atoms with Gasteiger partial charge in [-0.3, -0.25) is 9.36 Å². The Bertz CT molecular complexity index is 1520. The number of carbonyl (C=O) groups excluding carboxylic acids is 1.